The van der Waals surface area contributed by atoms with Crippen LogP contribution in [0, 0.1) is 6.92 Å². The number of benzene rings is 1. The second-order valence-corrected chi connectivity index (χ2v) is 4.42. The Morgan fingerprint density at radius 1 is 1.26 bits per heavy atom. The van der Waals surface area contributed by atoms with Gasteiger partial charge in [0.05, 0.1) is 6.54 Å². The molecular formula is C14H19N3O2. The highest BCUT2D eigenvalue weighted by atomic mass is 16.5. The Hall–Kier alpha value is -1.88. The summed E-state index contributed by atoms with van der Waals surface area (Å²) in [7, 11) is 1.69. The molecule has 1 aromatic carbocycles. The van der Waals surface area contributed by atoms with Crippen LogP contribution in [0.15, 0.2) is 28.8 Å². The van der Waals surface area contributed by atoms with Crippen LogP contribution in [-0.2, 0) is 17.7 Å². The van der Waals surface area contributed by atoms with Crippen LogP contribution in [0.25, 0.3) is 0 Å². The number of hydrogen-bond acceptors (Lipinski definition) is 5. The average molecular weight is 261 g/mol. The first-order valence-electron chi connectivity index (χ1n) is 6.39. The molecule has 0 unspecified atom stereocenters. The van der Waals surface area contributed by atoms with E-state index >= 15 is 0 Å². The fourth-order valence-electron chi connectivity index (χ4n) is 1.69. The number of nitrogens with zero attached hydrogens (tertiary/aromatic N) is 2. The van der Waals surface area contributed by atoms with Gasteiger partial charge in [-0.25, -0.2) is 0 Å². The van der Waals surface area contributed by atoms with Crippen molar-refractivity contribution in [3.05, 3.63) is 41.5 Å². The zero-order valence-corrected chi connectivity index (χ0v) is 11.3. The van der Waals surface area contributed by atoms with E-state index < -0.39 is 0 Å². The molecule has 1 aromatic heterocycles. The molecule has 0 aliphatic carbocycles. The van der Waals surface area contributed by atoms with Crippen molar-refractivity contribution in [2.75, 3.05) is 19.0 Å². The van der Waals surface area contributed by atoms with Gasteiger partial charge < -0.3 is 14.6 Å². The average Bonchev–Trinajstić information content (AvgIpc) is 2.86. The first kappa shape index (κ1) is 13.5. The summed E-state index contributed by atoms with van der Waals surface area (Å²) in [4.78, 5) is 4.32. The number of aryl methyl sites for hydroxylation is 2. The molecule has 0 saturated carbocycles. The fraction of sp³-hybridized carbons (Fsp3) is 0.429. The third kappa shape index (κ3) is 4.37. The van der Waals surface area contributed by atoms with Gasteiger partial charge >= 0.3 is 0 Å². The van der Waals surface area contributed by atoms with Gasteiger partial charge in [0.25, 0.3) is 0 Å². The van der Waals surface area contributed by atoms with Crippen LogP contribution in [-0.4, -0.2) is 23.9 Å². The monoisotopic (exact) mass is 261 g/mol. The molecule has 0 saturated heterocycles. The van der Waals surface area contributed by atoms with E-state index in [2.05, 4.69) is 34.5 Å². The summed E-state index contributed by atoms with van der Waals surface area (Å²) in [5.74, 6) is 1.34. The second-order valence-electron chi connectivity index (χ2n) is 4.42. The Morgan fingerprint density at radius 3 is 2.79 bits per heavy atom. The largest absolute Gasteiger partial charge is 0.385 e. The topological polar surface area (TPSA) is 60.2 Å². The van der Waals surface area contributed by atoms with Crippen molar-refractivity contribution in [1.82, 2.24) is 10.1 Å². The molecule has 5 nitrogen and oxygen atoms in total. The lowest BCUT2D eigenvalue weighted by atomic mass is 10.2. The lowest BCUT2D eigenvalue weighted by molar-refractivity contribution is 0.194. The molecule has 0 radical (unpaired) electrons. The number of aromatic nitrogens is 2. The highest BCUT2D eigenvalue weighted by molar-refractivity contribution is 5.44. The van der Waals surface area contributed by atoms with E-state index in [0.29, 0.717) is 19.0 Å². The Balaban J connectivity index is 1.81. The van der Waals surface area contributed by atoms with Crippen molar-refractivity contribution in [3.63, 3.8) is 0 Å². The van der Waals surface area contributed by atoms with E-state index in [1.807, 2.05) is 12.1 Å². The molecule has 5 heteroatoms. The van der Waals surface area contributed by atoms with Gasteiger partial charge in [-0.2, -0.15) is 4.98 Å². The number of rotatable bonds is 7. The van der Waals surface area contributed by atoms with Gasteiger partial charge in [0, 0.05) is 25.8 Å². The van der Waals surface area contributed by atoms with Gasteiger partial charge in [0.2, 0.25) is 5.89 Å². The van der Waals surface area contributed by atoms with Crippen LogP contribution >= 0.6 is 0 Å². The maximum Gasteiger partial charge on any atom is 0.245 e. The number of methoxy groups -OCH3 is 1. The van der Waals surface area contributed by atoms with Crippen LogP contribution in [0.1, 0.15) is 23.7 Å². The molecule has 19 heavy (non-hydrogen) atoms. The zero-order valence-electron chi connectivity index (χ0n) is 11.3. The summed E-state index contributed by atoms with van der Waals surface area (Å²) >= 11 is 0. The highest BCUT2D eigenvalue weighted by Crippen LogP contribution is 2.10. The third-order valence-corrected chi connectivity index (χ3v) is 2.75. The summed E-state index contributed by atoms with van der Waals surface area (Å²) in [5, 5.41) is 7.18. The fourth-order valence-corrected chi connectivity index (χ4v) is 1.69. The molecule has 0 aliphatic rings. The van der Waals surface area contributed by atoms with Crippen LogP contribution in [0.4, 0.5) is 5.69 Å². The van der Waals surface area contributed by atoms with E-state index in [1.54, 1.807) is 7.11 Å². The summed E-state index contributed by atoms with van der Waals surface area (Å²) < 4.78 is 10.2. The minimum atomic E-state index is 0.542. The molecule has 102 valence electrons. The molecule has 1 heterocycles. The zero-order chi connectivity index (χ0) is 13.5. The smallest absolute Gasteiger partial charge is 0.245 e. The van der Waals surface area contributed by atoms with Gasteiger partial charge in [-0.1, -0.05) is 22.9 Å². The van der Waals surface area contributed by atoms with E-state index in [4.69, 9.17) is 9.26 Å². The second kappa shape index (κ2) is 6.89. The highest BCUT2D eigenvalue weighted by Gasteiger charge is 2.05. The number of anilines is 1. The summed E-state index contributed by atoms with van der Waals surface area (Å²) in [6.45, 7) is 3.32. The normalized spacial score (nSPS) is 10.6. The van der Waals surface area contributed by atoms with Crippen molar-refractivity contribution in [1.29, 1.82) is 0 Å². The number of ether oxygens (including phenoxy) is 1. The van der Waals surface area contributed by atoms with E-state index in [0.717, 1.165) is 24.4 Å². The SMILES string of the molecule is COCCCc1noc(CNc2ccc(C)cc2)n1. The summed E-state index contributed by atoms with van der Waals surface area (Å²) in [6.07, 6.45) is 1.68. The molecule has 0 aliphatic heterocycles. The van der Waals surface area contributed by atoms with Gasteiger partial charge in [0.1, 0.15) is 0 Å². The van der Waals surface area contributed by atoms with Crippen LogP contribution in [0.5, 0.6) is 0 Å². The quantitative estimate of drug-likeness (QED) is 0.776. The van der Waals surface area contributed by atoms with Crippen molar-refractivity contribution in [2.45, 2.75) is 26.3 Å². The van der Waals surface area contributed by atoms with E-state index in [-0.39, 0.29) is 0 Å². The van der Waals surface area contributed by atoms with Crippen LogP contribution in [0.3, 0.4) is 0 Å². The van der Waals surface area contributed by atoms with Gasteiger partial charge in [-0.05, 0) is 25.5 Å². The third-order valence-electron chi connectivity index (χ3n) is 2.75. The van der Waals surface area contributed by atoms with Crippen LogP contribution < -0.4 is 5.32 Å². The minimum Gasteiger partial charge on any atom is -0.385 e. The van der Waals surface area contributed by atoms with E-state index in [1.165, 1.54) is 5.56 Å². The van der Waals surface area contributed by atoms with Gasteiger partial charge in [0.15, 0.2) is 5.82 Å². The Bertz CT molecular complexity index is 494. The van der Waals surface area contributed by atoms with Crippen molar-refractivity contribution in [2.24, 2.45) is 0 Å². The molecule has 1 N–H and O–H groups in total. The number of hydrogen-bond donors (Lipinski definition) is 1. The predicted molar refractivity (Wildman–Crippen MR) is 73.0 cm³/mol. The number of nitrogens with one attached hydrogen (secondary N) is 1. The molecule has 0 bridgehead atoms. The summed E-state index contributed by atoms with van der Waals surface area (Å²) in [6, 6.07) is 8.19. The van der Waals surface area contributed by atoms with Crippen LogP contribution in [0.2, 0.25) is 0 Å². The molecule has 0 atom stereocenters. The maximum atomic E-state index is 5.18. The lowest BCUT2D eigenvalue weighted by Crippen LogP contribution is -2.00. The van der Waals surface area contributed by atoms with Crippen molar-refractivity contribution in [3.8, 4) is 0 Å². The molecule has 2 rings (SSSR count). The molecular weight excluding hydrogens is 242 g/mol. The summed E-state index contributed by atoms with van der Waals surface area (Å²) in [5.41, 5.74) is 2.29. The molecule has 0 spiro atoms. The first-order chi connectivity index (χ1) is 9.28. The maximum absolute atomic E-state index is 5.18. The molecule has 2 aromatic rings. The van der Waals surface area contributed by atoms with E-state index in [9.17, 15) is 0 Å². The van der Waals surface area contributed by atoms with Crippen molar-refractivity contribution >= 4 is 5.69 Å². The lowest BCUT2D eigenvalue weighted by Gasteiger charge is -2.02. The molecule has 0 amide bonds. The predicted octanol–water partition coefficient (Wildman–Crippen LogP) is 2.57. The minimum absolute atomic E-state index is 0.542. The standard InChI is InChI=1S/C14H19N3O2/c1-11-5-7-12(8-6-11)15-10-14-16-13(17-19-14)4-3-9-18-2/h5-8,15H,3-4,9-10H2,1-2H3. The first-order valence-corrected chi connectivity index (χ1v) is 6.39. The van der Waals surface area contributed by atoms with Crippen molar-refractivity contribution < 1.29 is 9.26 Å². The Kier molecular flexibility index (Phi) is 4.92. The Labute approximate surface area is 113 Å². The van der Waals surface area contributed by atoms with Gasteiger partial charge in [-0.3, -0.25) is 0 Å². The van der Waals surface area contributed by atoms with Gasteiger partial charge in [-0.15, -0.1) is 0 Å². The Morgan fingerprint density at radius 2 is 2.05 bits per heavy atom. The molecule has 0 fully saturated rings.